The third kappa shape index (κ3) is 9.69. The molecule has 0 aromatic rings. The van der Waals surface area contributed by atoms with Crippen LogP contribution in [0, 0.1) is 5.92 Å². The van der Waals surface area contributed by atoms with E-state index in [2.05, 4.69) is 48.2 Å². The van der Waals surface area contributed by atoms with Gasteiger partial charge in [-0.1, -0.05) is 13.8 Å². The van der Waals surface area contributed by atoms with Crippen LogP contribution in [0.15, 0.2) is 4.99 Å². The van der Waals surface area contributed by atoms with Crippen LogP contribution in [0.4, 0.5) is 0 Å². The number of rotatable bonds is 8. The van der Waals surface area contributed by atoms with Crippen molar-refractivity contribution in [3.05, 3.63) is 0 Å². The molecular formula is C16H35IN4O2. The van der Waals surface area contributed by atoms with E-state index >= 15 is 0 Å². The molecule has 138 valence electrons. The van der Waals surface area contributed by atoms with Crippen molar-refractivity contribution >= 4 is 29.9 Å². The largest absolute Gasteiger partial charge is 0.379 e. The number of halogens is 1. The minimum atomic E-state index is 0. The third-order valence-electron chi connectivity index (χ3n) is 3.77. The zero-order valence-corrected chi connectivity index (χ0v) is 17.7. The lowest BCUT2D eigenvalue weighted by atomic mass is 10.0. The smallest absolute Gasteiger partial charge is 0.191 e. The monoisotopic (exact) mass is 442 g/mol. The zero-order valence-electron chi connectivity index (χ0n) is 15.4. The average molecular weight is 442 g/mol. The van der Waals surface area contributed by atoms with Gasteiger partial charge in [-0.05, 0) is 19.8 Å². The van der Waals surface area contributed by atoms with E-state index < -0.39 is 0 Å². The Labute approximate surface area is 158 Å². The average Bonchev–Trinajstić information content (AvgIpc) is 2.50. The van der Waals surface area contributed by atoms with E-state index in [1.165, 1.54) is 0 Å². The van der Waals surface area contributed by atoms with E-state index in [-0.39, 0.29) is 29.5 Å². The van der Waals surface area contributed by atoms with E-state index in [0.717, 1.165) is 52.0 Å². The molecule has 6 nitrogen and oxygen atoms in total. The number of guanidine groups is 1. The Balaban J connectivity index is 0.00000484. The molecule has 0 aromatic carbocycles. The molecule has 23 heavy (non-hydrogen) atoms. The molecular weight excluding hydrogens is 407 g/mol. The maximum atomic E-state index is 5.56. The summed E-state index contributed by atoms with van der Waals surface area (Å²) in [5.74, 6) is 1.40. The van der Waals surface area contributed by atoms with Crippen molar-refractivity contribution in [2.24, 2.45) is 10.9 Å². The van der Waals surface area contributed by atoms with Crippen molar-refractivity contribution in [1.82, 2.24) is 15.5 Å². The molecule has 1 heterocycles. The first-order valence-electron chi connectivity index (χ1n) is 8.31. The summed E-state index contributed by atoms with van der Waals surface area (Å²) in [6.07, 6.45) is 0. The van der Waals surface area contributed by atoms with Crippen molar-refractivity contribution in [2.75, 3.05) is 59.7 Å². The van der Waals surface area contributed by atoms with E-state index in [9.17, 15) is 0 Å². The summed E-state index contributed by atoms with van der Waals surface area (Å²) in [6.45, 7) is 15.6. The molecule has 7 heteroatoms. The first kappa shape index (κ1) is 22.9. The lowest BCUT2D eigenvalue weighted by Gasteiger charge is -2.41. The van der Waals surface area contributed by atoms with Crippen LogP contribution in [0.2, 0.25) is 0 Å². The molecule has 0 aliphatic carbocycles. The van der Waals surface area contributed by atoms with Crippen LogP contribution in [0.3, 0.4) is 0 Å². The second kappa shape index (κ2) is 12.3. The lowest BCUT2D eigenvalue weighted by Crippen LogP contribution is -2.56. The second-order valence-electron chi connectivity index (χ2n) is 6.73. The predicted octanol–water partition coefficient (Wildman–Crippen LogP) is 1.55. The maximum absolute atomic E-state index is 5.56. The Bertz CT molecular complexity index is 332. The summed E-state index contributed by atoms with van der Waals surface area (Å²) in [5, 5.41) is 6.70. The van der Waals surface area contributed by atoms with Gasteiger partial charge in [-0.15, -0.1) is 24.0 Å². The fraction of sp³-hybridized carbons (Fsp3) is 0.938. The van der Waals surface area contributed by atoms with Crippen LogP contribution in [-0.4, -0.2) is 76.1 Å². The summed E-state index contributed by atoms with van der Waals surface area (Å²) in [4.78, 5) is 6.73. The number of hydrogen-bond donors (Lipinski definition) is 2. The molecule has 1 saturated heterocycles. The van der Waals surface area contributed by atoms with Gasteiger partial charge < -0.3 is 20.1 Å². The minimum absolute atomic E-state index is 0. The molecule has 1 fully saturated rings. The second-order valence-corrected chi connectivity index (χ2v) is 6.73. The molecule has 0 radical (unpaired) electrons. The van der Waals surface area contributed by atoms with Gasteiger partial charge in [-0.3, -0.25) is 9.89 Å². The first-order valence-corrected chi connectivity index (χ1v) is 8.31. The highest BCUT2D eigenvalue weighted by Crippen LogP contribution is 2.14. The summed E-state index contributed by atoms with van der Waals surface area (Å²) >= 11 is 0. The van der Waals surface area contributed by atoms with Gasteiger partial charge in [0.05, 0.1) is 19.8 Å². The van der Waals surface area contributed by atoms with Crippen LogP contribution in [0.5, 0.6) is 0 Å². The van der Waals surface area contributed by atoms with Crippen LogP contribution in [0.1, 0.15) is 27.7 Å². The quantitative estimate of drug-likeness (QED) is 0.259. The topological polar surface area (TPSA) is 58.1 Å². The van der Waals surface area contributed by atoms with Crippen LogP contribution >= 0.6 is 24.0 Å². The molecule has 0 unspecified atom stereocenters. The molecule has 1 aliphatic heterocycles. The number of nitrogens with one attached hydrogen (secondary N) is 2. The van der Waals surface area contributed by atoms with Gasteiger partial charge in [0.15, 0.2) is 5.96 Å². The number of aliphatic imine (C=N–C) groups is 1. The first-order chi connectivity index (χ1) is 10.5. The number of hydrogen-bond acceptors (Lipinski definition) is 4. The van der Waals surface area contributed by atoms with Gasteiger partial charge in [0.25, 0.3) is 0 Å². The number of nitrogens with zero attached hydrogens (tertiary/aromatic N) is 2. The van der Waals surface area contributed by atoms with Crippen molar-refractivity contribution in [2.45, 2.75) is 33.2 Å². The van der Waals surface area contributed by atoms with Crippen LogP contribution in [0.25, 0.3) is 0 Å². The van der Waals surface area contributed by atoms with Crippen molar-refractivity contribution < 1.29 is 9.47 Å². The molecule has 0 saturated carbocycles. The van der Waals surface area contributed by atoms with Crippen LogP contribution < -0.4 is 10.6 Å². The van der Waals surface area contributed by atoms with Gasteiger partial charge >= 0.3 is 0 Å². The van der Waals surface area contributed by atoms with Gasteiger partial charge in [0.2, 0.25) is 0 Å². The van der Waals surface area contributed by atoms with Crippen molar-refractivity contribution in [3.8, 4) is 0 Å². The predicted molar refractivity (Wildman–Crippen MR) is 107 cm³/mol. The maximum Gasteiger partial charge on any atom is 0.191 e. The molecule has 0 amide bonds. The number of morpholine rings is 1. The van der Waals surface area contributed by atoms with E-state index in [0.29, 0.717) is 12.5 Å². The van der Waals surface area contributed by atoms with Gasteiger partial charge in [-0.2, -0.15) is 0 Å². The standard InChI is InChI=1S/C16H34N4O2.HI/c1-14(2)12-22-9-6-18-15(17-5)19-13-16(3,4)20-7-10-21-11-8-20;/h14H,6-13H2,1-5H3,(H2,17,18,19);1H. The fourth-order valence-electron chi connectivity index (χ4n) is 2.36. The fourth-order valence-corrected chi connectivity index (χ4v) is 2.36. The Morgan fingerprint density at radius 3 is 2.48 bits per heavy atom. The highest BCUT2D eigenvalue weighted by Gasteiger charge is 2.28. The molecule has 1 aliphatic rings. The lowest BCUT2D eigenvalue weighted by molar-refractivity contribution is -0.00834. The summed E-state index contributed by atoms with van der Waals surface area (Å²) in [6, 6.07) is 0. The highest BCUT2D eigenvalue weighted by atomic mass is 127. The zero-order chi connectivity index (χ0) is 16.4. The van der Waals surface area contributed by atoms with Crippen molar-refractivity contribution in [1.29, 1.82) is 0 Å². The van der Waals surface area contributed by atoms with Crippen molar-refractivity contribution in [3.63, 3.8) is 0 Å². The Hall–Kier alpha value is -0.120. The van der Waals surface area contributed by atoms with E-state index in [1.807, 2.05) is 0 Å². The van der Waals surface area contributed by atoms with Gasteiger partial charge in [-0.25, -0.2) is 0 Å². The molecule has 0 bridgehead atoms. The summed E-state index contributed by atoms with van der Waals surface area (Å²) in [5.41, 5.74) is 0.0789. The molecule has 0 atom stereocenters. The highest BCUT2D eigenvalue weighted by molar-refractivity contribution is 14.0. The van der Waals surface area contributed by atoms with Gasteiger partial charge in [0, 0.05) is 45.4 Å². The molecule has 1 rings (SSSR count). The van der Waals surface area contributed by atoms with Crippen LogP contribution in [-0.2, 0) is 9.47 Å². The summed E-state index contributed by atoms with van der Waals surface area (Å²) in [7, 11) is 1.80. The molecule has 0 spiro atoms. The van der Waals surface area contributed by atoms with Gasteiger partial charge in [0.1, 0.15) is 0 Å². The third-order valence-corrected chi connectivity index (χ3v) is 3.77. The SMILES string of the molecule is CN=C(NCCOCC(C)C)NCC(C)(C)N1CCOCC1.I. The molecule has 2 N–H and O–H groups in total. The van der Waals surface area contributed by atoms with E-state index in [4.69, 9.17) is 9.47 Å². The summed E-state index contributed by atoms with van der Waals surface area (Å²) < 4.78 is 11.0. The number of ether oxygens (including phenoxy) is 2. The van der Waals surface area contributed by atoms with E-state index in [1.54, 1.807) is 7.05 Å². The normalized spacial score (nSPS) is 17.0. The molecule has 0 aromatic heterocycles. The minimum Gasteiger partial charge on any atom is -0.379 e. The Kier molecular flexibility index (Phi) is 12.2. The Morgan fingerprint density at radius 1 is 1.26 bits per heavy atom. The Morgan fingerprint density at radius 2 is 1.91 bits per heavy atom.